The number of nitrogens with zero attached hydrogens (tertiary/aromatic N) is 2. The number of hydrogen-bond donors (Lipinski definition) is 1. The van der Waals surface area contributed by atoms with Gasteiger partial charge in [0, 0.05) is 18.1 Å². The van der Waals surface area contributed by atoms with E-state index < -0.39 is 0 Å². The predicted octanol–water partition coefficient (Wildman–Crippen LogP) is 3.19. The lowest BCUT2D eigenvalue weighted by molar-refractivity contribution is -0.123. The third-order valence-corrected chi connectivity index (χ3v) is 3.94. The van der Waals surface area contributed by atoms with Gasteiger partial charge in [-0.1, -0.05) is 23.7 Å². The standard InChI is InChI=1S/C18H18ClN3O2/c1-13-21-16-4-2-3-5-17(16)22(13)11-10-20-18(23)12-24-15-8-6-14(19)7-9-15/h2-9H,10-12H2,1H3,(H,20,23). The Morgan fingerprint density at radius 2 is 1.96 bits per heavy atom. The SMILES string of the molecule is Cc1nc2ccccc2n1CCNC(=O)COc1ccc(Cl)cc1. The van der Waals surface area contributed by atoms with Crippen molar-refractivity contribution in [1.29, 1.82) is 0 Å². The lowest BCUT2D eigenvalue weighted by Gasteiger charge is -2.09. The van der Waals surface area contributed by atoms with Gasteiger partial charge in [0.25, 0.3) is 5.91 Å². The number of carbonyl (C=O) groups excluding carboxylic acids is 1. The van der Waals surface area contributed by atoms with Crippen molar-refractivity contribution in [1.82, 2.24) is 14.9 Å². The van der Waals surface area contributed by atoms with E-state index in [4.69, 9.17) is 16.3 Å². The maximum absolute atomic E-state index is 11.9. The molecule has 124 valence electrons. The van der Waals surface area contributed by atoms with Crippen molar-refractivity contribution >= 4 is 28.5 Å². The average Bonchev–Trinajstić information content (AvgIpc) is 2.90. The molecule has 5 nitrogen and oxygen atoms in total. The Bertz CT molecular complexity index is 843. The zero-order valence-electron chi connectivity index (χ0n) is 13.3. The van der Waals surface area contributed by atoms with E-state index >= 15 is 0 Å². The summed E-state index contributed by atoms with van der Waals surface area (Å²) in [7, 11) is 0. The summed E-state index contributed by atoms with van der Waals surface area (Å²) in [6.45, 7) is 3.12. The third kappa shape index (κ3) is 3.86. The molecule has 1 N–H and O–H groups in total. The van der Waals surface area contributed by atoms with E-state index in [2.05, 4.69) is 14.9 Å². The van der Waals surface area contributed by atoms with Crippen LogP contribution in [0.5, 0.6) is 5.75 Å². The number of rotatable bonds is 6. The Hall–Kier alpha value is -2.53. The second-order valence-corrected chi connectivity index (χ2v) is 5.83. The number of amides is 1. The summed E-state index contributed by atoms with van der Waals surface area (Å²) in [5, 5.41) is 3.49. The second-order valence-electron chi connectivity index (χ2n) is 5.39. The normalized spacial score (nSPS) is 10.8. The molecule has 0 aliphatic rings. The van der Waals surface area contributed by atoms with Gasteiger partial charge in [0.05, 0.1) is 11.0 Å². The zero-order chi connectivity index (χ0) is 16.9. The predicted molar refractivity (Wildman–Crippen MR) is 94.4 cm³/mol. The molecule has 0 spiro atoms. The molecule has 2 aromatic carbocycles. The highest BCUT2D eigenvalue weighted by Crippen LogP contribution is 2.16. The largest absolute Gasteiger partial charge is 0.484 e. The van der Waals surface area contributed by atoms with Crippen LogP contribution in [0.2, 0.25) is 5.02 Å². The van der Waals surface area contributed by atoms with Crippen LogP contribution in [0.15, 0.2) is 48.5 Å². The molecule has 0 atom stereocenters. The number of fused-ring (bicyclic) bond motifs is 1. The Balaban J connectivity index is 1.49. The molecule has 3 aromatic rings. The number of nitrogens with one attached hydrogen (secondary N) is 1. The van der Waals surface area contributed by atoms with E-state index in [0.717, 1.165) is 16.9 Å². The molecular weight excluding hydrogens is 326 g/mol. The molecule has 0 bridgehead atoms. The van der Waals surface area contributed by atoms with Gasteiger partial charge in [0.2, 0.25) is 0 Å². The fourth-order valence-electron chi connectivity index (χ4n) is 2.52. The Morgan fingerprint density at radius 1 is 1.21 bits per heavy atom. The van der Waals surface area contributed by atoms with Crippen LogP contribution in [-0.2, 0) is 11.3 Å². The van der Waals surface area contributed by atoms with E-state index in [-0.39, 0.29) is 12.5 Å². The number of halogens is 1. The molecule has 1 amide bonds. The Kier molecular flexibility index (Phi) is 5.01. The minimum atomic E-state index is -0.160. The molecule has 0 aliphatic carbocycles. The van der Waals surface area contributed by atoms with Gasteiger partial charge < -0.3 is 14.6 Å². The van der Waals surface area contributed by atoms with Crippen molar-refractivity contribution in [2.24, 2.45) is 0 Å². The third-order valence-electron chi connectivity index (χ3n) is 3.69. The first-order chi connectivity index (χ1) is 11.6. The quantitative estimate of drug-likeness (QED) is 0.747. The van der Waals surface area contributed by atoms with E-state index in [1.807, 2.05) is 31.2 Å². The van der Waals surface area contributed by atoms with Crippen molar-refractivity contribution in [3.63, 3.8) is 0 Å². The highest BCUT2D eigenvalue weighted by molar-refractivity contribution is 6.30. The van der Waals surface area contributed by atoms with Gasteiger partial charge in [-0.2, -0.15) is 0 Å². The summed E-state index contributed by atoms with van der Waals surface area (Å²) in [6, 6.07) is 14.9. The number of benzene rings is 2. The maximum Gasteiger partial charge on any atom is 0.258 e. The molecule has 6 heteroatoms. The first kappa shape index (κ1) is 16.3. The molecule has 0 saturated heterocycles. The van der Waals surface area contributed by atoms with Crippen molar-refractivity contribution in [2.45, 2.75) is 13.5 Å². The molecule has 0 unspecified atom stereocenters. The van der Waals surface area contributed by atoms with Crippen molar-refractivity contribution in [3.05, 3.63) is 59.4 Å². The molecular formula is C18H18ClN3O2. The van der Waals surface area contributed by atoms with Gasteiger partial charge in [-0.05, 0) is 43.3 Å². The fraction of sp³-hybridized carbons (Fsp3) is 0.222. The van der Waals surface area contributed by atoms with Crippen molar-refractivity contribution in [2.75, 3.05) is 13.2 Å². The highest BCUT2D eigenvalue weighted by Gasteiger charge is 2.07. The minimum Gasteiger partial charge on any atom is -0.484 e. The first-order valence-corrected chi connectivity index (χ1v) is 8.08. The van der Waals surface area contributed by atoms with E-state index in [1.165, 1.54) is 0 Å². The van der Waals surface area contributed by atoms with Gasteiger partial charge in [0.1, 0.15) is 11.6 Å². The van der Waals surface area contributed by atoms with Gasteiger partial charge >= 0.3 is 0 Å². The summed E-state index contributed by atoms with van der Waals surface area (Å²) in [4.78, 5) is 16.4. The maximum atomic E-state index is 11.9. The van der Waals surface area contributed by atoms with E-state index in [9.17, 15) is 4.79 Å². The lowest BCUT2D eigenvalue weighted by atomic mass is 10.3. The van der Waals surface area contributed by atoms with Crippen LogP contribution < -0.4 is 10.1 Å². The Morgan fingerprint density at radius 3 is 2.75 bits per heavy atom. The minimum absolute atomic E-state index is 0.0225. The molecule has 0 fully saturated rings. The van der Waals surface area contributed by atoms with Gasteiger partial charge in [-0.25, -0.2) is 4.98 Å². The number of aromatic nitrogens is 2. The van der Waals surface area contributed by atoms with Crippen LogP contribution in [0, 0.1) is 6.92 Å². The van der Waals surface area contributed by atoms with Crippen LogP contribution in [0.4, 0.5) is 0 Å². The highest BCUT2D eigenvalue weighted by atomic mass is 35.5. The molecule has 0 saturated carbocycles. The fourth-order valence-corrected chi connectivity index (χ4v) is 2.64. The molecule has 1 heterocycles. The number of carbonyl (C=O) groups is 1. The molecule has 0 radical (unpaired) electrons. The number of ether oxygens (including phenoxy) is 1. The molecule has 3 rings (SSSR count). The van der Waals surface area contributed by atoms with Crippen molar-refractivity contribution in [3.8, 4) is 5.75 Å². The number of hydrogen-bond acceptors (Lipinski definition) is 3. The Labute approximate surface area is 145 Å². The summed E-state index contributed by atoms with van der Waals surface area (Å²) < 4.78 is 7.51. The van der Waals surface area contributed by atoms with E-state index in [1.54, 1.807) is 24.3 Å². The molecule has 1 aromatic heterocycles. The number of aryl methyl sites for hydroxylation is 1. The summed E-state index contributed by atoms with van der Waals surface area (Å²) >= 11 is 5.80. The van der Waals surface area contributed by atoms with E-state index in [0.29, 0.717) is 23.9 Å². The van der Waals surface area contributed by atoms with Gasteiger partial charge in [0.15, 0.2) is 6.61 Å². The van der Waals surface area contributed by atoms with Crippen LogP contribution in [-0.4, -0.2) is 28.6 Å². The summed E-state index contributed by atoms with van der Waals surface area (Å²) in [6.07, 6.45) is 0. The monoisotopic (exact) mass is 343 g/mol. The number of para-hydroxylation sites is 2. The van der Waals surface area contributed by atoms with Crippen LogP contribution in [0.25, 0.3) is 11.0 Å². The topological polar surface area (TPSA) is 56.2 Å². The summed E-state index contributed by atoms with van der Waals surface area (Å²) in [5.74, 6) is 1.39. The molecule has 0 aliphatic heterocycles. The second kappa shape index (κ2) is 7.36. The zero-order valence-corrected chi connectivity index (χ0v) is 14.1. The van der Waals surface area contributed by atoms with Crippen LogP contribution >= 0.6 is 11.6 Å². The van der Waals surface area contributed by atoms with Crippen LogP contribution in [0.1, 0.15) is 5.82 Å². The van der Waals surface area contributed by atoms with Crippen molar-refractivity contribution < 1.29 is 9.53 Å². The smallest absolute Gasteiger partial charge is 0.258 e. The molecule has 24 heavy (non-hydrogen) atoms. The first-order valence-electron chi connectivity index (χ1n) is 7.70. The number of imidazole rings is 1. The van der Waals surface area contributed by atoms with Gasteiger partial charge in [-0.15, -0.1) is 0 Å². The van der Waals surface area contributed by atoms with Crippen LogP contribution in [0.3, 0.4) is 0 Å². The van der Waals surface area contributed by atoms with Gasteiger partial charge in [-0.3, -0.25) is 4.79 Å². The average molecular weight is 344 g/mol. The summed E-state index contributed by atoms with van der Waals surface area (Å²) in [5.41, 5.74) is 2.04. The lowest BCUT2D eigenvalue weighted by Crippen LogP contribution is -2.31.